The second-order valence-corrected chi connectivity index (χ2v) is 6.12. The molecule has 1 saturated carbocycles. The molecule has 4 heteroatoms. The Morgan fingerprint density at radius 1 is 1.25 bits per heavy atom. The molecule has 108 valence electrons. The van der Waals surface area contributed by atoms with Crippen LogP contribution in [0.15, 0.2) is 18.2 Å². The van der Waals surface area contributed by atoms with Gasteiger partial charge in [0.2, 0.25) is 0 Å². The number of amides is 2. The highest BCUT2D eigenvalue weighted by Gasteiger charge is 2.42. The first kappa shape index (κ1) is 13.4. The fourth-order valence-electron chi connectivity index (χ4n) is 2.90. The van der Waals surface area contributed by atoms with E-state index in [0.29, 0.717) is 6.54 Å². The minimum absolute atomic E-state index is 0.0482. The van der Waals surface area contributed by atoms with Gasteiger partial charge in [-0.3, -0.25) is 0 Å². The molecular formula is C16H22N2O2. The summed E-state index contributed by atoms with van der Waals surface area (Å²) in [7, 11) is 0. The van der Waals surface area contributed by atoms with Gasteiger partial charge in [-0.05, 0) is 55.7 Å². The van der Waals surface area contributed by atoms with Crippen molar-refractivity contribution in [1.29, 1.82) is 0 Å². The van der Waals surface area contributed by atoms with Crippen LogP contribution >= 0.6 is 0 Å². The van der Waals surface area contributed by atoms with Crippen LogP contribution in [-0.4, -0.2) is 24.3 Å². The normalized spacial score (nSPS) is 19.1. The Kier molecular flexibility index (Phi) is 3.66. The molecule has 1 aromatic carbocycles. The Labute approximate surface area is 119 Å². The van der Waals surface area contributed by atoms with Crippen molar-refractivity contribution < 1.29 is 9.90 Å². The molecule has 0 spiro atoms. The van der Waals surface area contributed by atoms with E-state index < -0.39 is 0 Å². The minimum atomic E-state index is -0.163. The van der Waals surface area contributed by atoms with E-state index in [1.807, 2.05) is 12.1 Å². The number of urea groups is 1. The fourth-order valence-corrected chi connectivity index (χ4v) is 2.90. The van der Waals surface area contributed by atoms with Gasteiger partial charge in [0.1, 0.15) is 0 Å². The predicted molar refractivity (Wildman–Crippen MR) is 78.9 cm³/mol. The summed E-state index contributed by atoms with van der Waals surface area (Å²) in [5.74, 6) is 0. The summed E-state index contributed by atoms with van der Waals surface area (Å²) in [6, 6.07) is 5.98. The van der Waals surface area contributed by atoms with Gasteiger partial charge in [-0.15, -0.1) is 0 Å². The van der Waals surface area contributed by atoms with Crippen LogP contribution in [-0.2, 0) is 12.8 Å². The zero-order valence-electron chi connectivity index (χ0n) is 11.7. The molecular weight excluding hydrogens is 252 g/mol. The molecule has 3 N–H and O–H groups in total. The number of fused-ring (bicyclic) bond motifs is 1. The molecule has 0 radical (unpaired) electrons. The van der Waals surface area contributed by atoms with Gasteiger partial charge in [0.25, 0.3) is 0 Å². The maximum atomic E-state index is 12.0. The number of nitrogens with one attached hydrogen (secondary N) is 2. The summed E-state index contributed by atoms with van der Waals surface area (Å²) in [5.41, 5.74) is 3.54. The fraction of sp³-hybridized carbons (Fsp3) is 0.562. The zero-order valence-corrected chi connectivity index (χ0v) is 11.7. The number of hydrogen-bond donors (Lipinski definition) is 3. The Morgan fingerprint density at radius 3 is 2.80 bits per heavy atom. The highest BCUT2D eigenvalue weighted by Crippen LogP contribution is 2.44. The number of hydrogen-bond acceptors (Lipinski definition) is 2. The maximum absolute atomic E-state index is 12.0. The molecule has 0 atom stereocenters. The van der Waals surface area contributed by atoms with Crippen molar-refractivity contribution in [3.63, 3.8) is 0 Å². The van der Waals surface area contributed by atoms with Crippen LogP contribution in [0.1, 0.15) is 36.8 Å². The largest absolute Gasteiger partial charge is 0.396 e. The second-order valence-electron chi connectivity index (χ2n) is 6.12. The lowest BCUT2D eigenvalue weighted by Crippen LogP contribution is -2.35. The second kappa shape index (κ2) is 5.44. The van der Waals surface area contributed by atoms with Crippen molar-refractivity contribution in [1.82, 2.24) is 5.32 Å². The Balaban J connectivity index is 1.61. The summed E-state index contributed by atoms with van der Waals surface area (Å²) < 4.78 is 0. The number of carbonyl (C=O) groups is 1. The third-order valence-corrected chi connectivity index (χ3v) is 4.56. The van der Waals surface area contributed by atoms with Gasteiger partial charge < -0.3 is 15.7 Å². The molecule has 4 nitrogen and oxygen atoms in total. The van der Waals surface area contributed by atoms with Gasteiger partial charge in [-0.2, -0.15) is 0 Å². The maximum Gasteiger partial charge on any atom is 0.319 e. The molecule has 1 aromatic rings. The molecule has 2 aliphatic carbocycles. The van der Waals surface area contributed by atoms with Gasteiger partial charge in [0.15, 0.2) is 0 Å². The smallest absolute Gasteiger partial charge is 0.319 e. The van der Waals surface area contributed by atoms with E-state index >= 15 is 0 Å². The van der Waals surface area contributed by atoms with E-state index in [2.05, 4.69) is 16.7 Å². The van der Waals surface area contributed by atoms with E-state index in [1.54, 1.807) is 0 Å². The van der Waals surface area contributed by atoms with E-state index in [4.69, 9.17) is 0 Å². The number of rotatable bonds is 4. The molecule has 2 aliphatic rings. The molecule has 0 aliphatic heterocycles. The molecule has 20 heavy (non-hydrogen) atoms. The molecule has 0 unspecified atom stereocenters. The predicted octanol–water partition coefficient (Wildman–Crippen LogP) is 2.46. The van der Waals surface area contributed by atoms with Crippen LogP contribution in [0.4, 0.5) is 10.5 Å². The topological polar surface area (TPSA) is 61.4 Å². The van der Waals surface area contributed by atoms with E-state index in [9.17, 15) is 9.90 Å². The number of benzene rings is 1. The van der Waals surface area contributed by atoms with Crippen LogP contribution in [0, 0.1) is 5.41 Å². The third-order valence-electron chi connectivity index (χ3n) is 4.56. The standard InChI is InChI=1S/C16H22N2O2/c19-11-16(8-9-16)10-17-15(20)18-14-7-3-5-12-4-1-2-6-13(12)14/h3,5,7,19H,1-2,4,6,8-11H2,(H2,17,18,20). The molecule has 0 heterocycles. The van der Waals surface area contributed by atoms with Crippen molar-refractivity contribution in [2.75, 3.05) is 18.5 Å². The lowest BCUT2D eigenvalue weighted by molar-refractivity contribution is 0.206. The highest BCUT2D eigenvalue weighted by molar-refractivity contribution is 5.90. The van der Waals surface area contributed by atoms with Crippen LogP contribution < -0.4 is 10.6 Å². The first-order valence-electron chi connectivity index (χ1n) is 7.49. The van der Waals surface area contributed by atoms with E-state index in [0.717, 1.165) is 31.4 Å². The van der Waals surface area contributed by atoms with Gasteiger partial charge in [0.05, 0.1) is 6.61 Å². The van der Waals surface area contributed by atoms with Gasteiger partial charge in [-0.25, -0.2) is 4.79 Å². The van der Waals surface area contributed by atoms with Crippen LogP contribution in [0.3, 0.4) is 0 Å². The average Bonchev–Trinajstić information content (AvgIpc) is 3.26. The highest BCUT2D eigenvalue weighted by atomic mass is 16.3. The van der Waals surface area contributed by atoms with Crippen molar-refractivity contribution >= 4 is 11.7 Å². The number of aliphatic hydroxyl groups is 1. The lowest BCUT2D eigenvalue weighted by atomic mass is 9.90. The van der Waals surface area contributed by atoms with E-state index in [1.165, 1.54) is 24.0 Å². The number of carbonyl (C=O) groups excluding carboxylic acids is 1. The molecule has 0 saturated heterocycles. The minimum Gasteiger partial charge on any atom is -0.396 e. The molecule has 0 bridgehead atoms. The monoisotopic (exact) mass is 274 g/mol. The number of anilines is 1. The summed E-state index contributed by atoms with van der Waals surface area (Å²) in [4.78, 5) is 12.0. The summed E-state index contributed by atoms with van der Waals surface area (Å²) >= 11 is 0. The molecule has 2 amide bonds. The zero-order chi connectivity index (χ0) is 14.0. The number of aryl methyl sites for hydroxylation is 1. The lowest BCUT2D eigenvalue weighted by Gasteiger charge is -2.20. The molecule has 0 aromatic heterocycles. The van der Waals surface area contributed by atoms with Crippen LogP contribution in [0.2, 0.25) is 0 Å². The average molecular weight is 274 g/mol. The van der Waals surface area contributed by atoms with Crippen LogP contribution in [0.5, 0.6) is 0 Å². The van der Waals surface area contributed by atoms with Crippen molar-refractivity contribution in [3.05, 3.63) is 29.3 Å². The summed E-state index contributed by atoms with van der Waals surface area (Å²) in [6.07, 6.45) is 6.60. The van der Waals surface area contributed by atoms with Gasteiger partial charge >= 0.3 is 6.03 Å². The SMILES string of the molecule is O=C(NCC1(CO)CC1)Nc1cccc2c1CCCC2. The summed E-state index contributed by atoms with van der Waals surface area (Å²) in [5, 5.41) is 15.1. The van der Waals surface area contributed by atoms with Crippen molar-refractivity contribution in [2.45, 2.75) is 38.5 Å². The van der Waals surface area contributed by atoms with Gasteiger partial charge in [-0.1, -0.05) is 12.1 Å². The molecule has 3 rings (SSSR count). The van der Waals surface area contributed by atoms with E-state index in [-0.39, 0.29) is 18.1 Å². The number of aliphatic hydroxyl groups excluding tert-OH is 1. The van der Waals surface area contributed by atoms with Gasteiger partial charge in [0, 0.05) is 17.6 Å². The molecule has 1 fully saturated rings. The third kappa shape index (κ3) is 2.80. The Bertz CT molecular complexity index is 509. The first-order valence-corrected chi connectivity index (χ1v) is 7.49. The van der Waals surface area contributed by atoms with Crippen LogP contribution in [0.25, 0.3) is 0 Å². The summed E-state index contributed by atoms with van der Waals surface area (Å²) in [6.45, 7) is 0.721. The Hall–Kier alpha value is -1.55. The first-order chi connectivity index (χ1) is 9.72. The Morgan fingerprint density at radius 2 is 2.05 bits per heavy atom. The quantitative estimate of drug-likeness (QED) is 0.790. The van der Waals surface area contributed by atoms with Crippen molar-refractivity contribution in [2.24, 2.45) is 5.41 Å². The van der Waals surface area contributed by atoms with Crippen molar-refractivity contribution in [3.8, 4) is 0 Å².